The third-order valence-electron chi connectivity index (χ3n) is 1.95. The summed E-state index contributed by atoms with van der Waals surface area (Å²) in [7, 11) is -2.66. The van der Waals surface area contributed by atoms with Gasteiger partial charge >= 0.3 is 7.68 Å². The summed E-state index contributed by atoms with van der Waals surface area (Å²) < 4.78 is 20.7. The molecule has 62 valence electrons. The molecule has 0 amide bonds. The fourth-order valence-corrected chi connectivity index (χ4v) is 1.87. The molecule has 0 fully saturated rings. The van der Waals surface area contributed by atoms with E-state index < -0.39 is 13.5 Å². The molecule has 0 bridgehead atoms. The maximum Gasteiger partial charge on any atom is 0.345 e. The molecule has 1 rings (SSSR count). The smallest absolute Gasteiger partial charge is 0.345 e. The quantitative estimate of drug-likeness (QED) is 0.513. The number of hydrogen-bond acceptors (Lipinski definition) is 3. The molecule has 2 atom stereocenters. The van der Waals surface area contributed by atoms with Crippen molar-refractivity contribution in [1.29, 1.82) is 0 Å². The van der Waals surface area contributed by atoms with Crippen molar-refractivity contribution in [3.63, 3.8) is 0 Å². The highest BCUT2D eigenvalue weighted by molar-refractivity contribution is 7.31. The molecule has 0 radical (unpaired) electrons. The Bertz CT molecular complexity index is 212. The van der Waals surface area contributed by atoms with Crippen LogP contribution < -0.4 is 0 Å². The van der Waals surface area contributed by atoms with E-state index in [0.29, 0.717) is 6.42 Å². The van der Waals surface area contributed by atoms with Crippen LogP contribution in [-0.4, -0.2) is 11.0 Å². The summed E-state index contributed by atoms with van der Waals surface area (Å²) in [4.78, 5) is 0. The van der Waals surface area contributed by atoms with Crippen molar-refractivity contribution in [2.45, 2.75) is 25.1 Å². The summed E-state index contributed by atoms with van der Waals surface area (Å²) in [5.41, 5.74) is 0. The lowest BCUT2D eigenvalue weighted by Crippen LogP contribution is -2.16. The molecule has 0 aromatic rings. The molecular weight excluding hydrogens is 163 g/mol. The Balaban J connectivity index is 2.53. The van der Waals surface area contributed by atoms with E-state index in [0.717, 1.165) is 12.8 Å². The van der Waals surface area contributed by atoms with Gasteiger partial charge in [-0.05, 0) is 19.3 Å². The van der Waals surface area contributed by atoms with Crippen molar-refractivity contribution in [3.8, 4) is 0 Å². The highest BCUT2D eigenvalue weighted by Gasteiger charge is 2.23. The SMILES string of the molecule is O=P(=O)[C@H](O)[C@H]1CC=CCC1. The standard InChI is InChI=1S/C7H11O3P/c8-7(11(9)10)6-4-2-1-3-5-6/h1-2,6-8H,3-5H2/t6-,7-/m0/s1. The van der Waals surface area contributed by atoms with Crippen molar-refractivity contribution >= 4 is 7.68 Å². The third kappa shape index (κ3) is 2.28. The van der Waals surface area contributed by atoms with E-state index in [1.807, 2.05) is 12.2 Å². The molecule has 4 heteroatoms. The fraction of sp³-hybridized carbons (Fsp3) is 0.714. The van der Waals surface area contributed by atoms with Crippen molar-refractivity contribution in [2.75, 3.05) is 0 Å². The van der Waals surface area contributed by atoms with Crippen LogP contribution in [0.2, 0.25) is 0 Å². The van der Waals surface area contributed by atoms with Gasteiger partial charge in [0.2, 0.25) is 0 Å². The van der Waals surface area contributed by atoms with Gasteiger partial charge in [0.15, 0.2) is 5.85 Å². The van der Waals surface area contributed by atoms with Gasteiger partial charge in [-0.15, -0.1) is 0 Å². The summed E-state index contributed by atoms with van der Waals surface area (Å²) in [6, 6.07) is 0. The van der Waals surface area contributed by atoms with Gasteiger partial charge in [0, 0.05) is 5.92 Å². The van der Waals surface area contributed by atoms with Gasteiger partial charge in [-0.3, -0.25) is 0 Å². The van der Waals surface area contributed by atoms with Crippen LogP contribution >= 0.6 is 7.68 Å². The van der Waals surface area contributed by atoms with Crippen LogP contribution in [0.15, 0.2) is 12.2 Å². The zero-order valence-corrected chi connectivity index (χ0v) is 7.04. The Hall–Kier alpha value is -0.400. The maximum atomic E-state index is 10.4. The molecule has 0 spiro atoms. The van der Waals surface area contributed by atoms with Crippen molar-refractivity contribution < 1.29 is 14.2 Å². The monoisotopic (exact) mass is 174 g/mol. The third-order valence-corrected chi connectivity index (χ3v) is 2.80. The molecule has 11 heavy (non-hydrogen) atoms. The second-order valence-corrected chi connectivity index (χ2v) is 3.84. The topological polar surface area (TPSA) is 54.4 Å². The summed E-state index contributed by atoms with van der Waals surface area (Å²) in [6.07, 6.45) is 6.29. The molecule has 1 aliphatic carbocycles. The zero-order chi connectivity index (χ0) is 8.27. The minimum atomic E-state index is -2.66. The van der Waals surface area contributed by atoms with Crippen LogP contribution in [-0.2, 0) is 9.13 Å². The van der Waals surface area contributed by atoms with E-state index >= 15 is 0 Å². The first-order valence-corrected chi connectivity index (χ1v) is 4.93. The lowest BCUT2D eigenvalue weighted by Gasteiger charge is -2.17. The Labute approximate surface area is 65.9 Å². The molecule has 0 unspecified atom stereocenters. The number of hydrogen-bond donors (Lipinski definition) is 1. The number of aliphatic hydroxyl groups excluding tert-OH is 1. The van der Waals surface area contributed by atoms with Crippen LogP contribution in [0.4, 0.5) is 0 Å². The molecule has 0 saturated heterocycles. The highest BCUT2D eigenvalue weighted by Crippen LogP contribution is 2.29. The molecule has 0 aromatic heterocycles. The zero-order valence-electron chi connectivity index (χ0n) is 6.14. The van der Waals surface area contributed by atoms with E-state index in [1.54, 1.807) is 0 Å². The molecule has 0 heterocycles. The summed E-state index contributed by atoms with van der Waals surface area (Å²) in [5.74, 6) is -1.23. The first kappa shape index (κ1) is 8.69. The summed E-state index contributed by atoms with van der Waals surface area (Å²) in [6.45, 7) is 0. The lowest BCUT2D eigenvalue weighted by molar-refractivity contribution is 0.169. The average Bonchev–Trinajstić information content (AvgIpc) is 2.05. The molecule has 3 nitrogen and oxygen atoms in total. The Kier molecular flexibility index (Phi) is 3.03. The second-order valence-electron chi connectivity index (χ2n) is 2.74. The first-order valence-electron chi connectivity index (χ1n) is 3.68. The molecule has 1 N–H and O–H groups in total. The van der Waals surface area contributed by atoms with Crippen molar-refractivity contribution in [3.05, 3.63) is 12.2 Å². The molecule has 0 aromatic carbocycles. The second kappa shape index (κ2) is 3.84. The number of rotatable bonds is 2. The van der Waals surface area contributed by atoms with Crippen LogP contribution in [0.25, 0.3) is 0 Å². The molecular formula is C7H11O3P. The largest absolute Gasteiger partial charge is 0.378 e. The highest BCUT2D eigenvalue weighted by atomic mass is 31.1. The average molecular weight is 174 g/mol. The van der Waals surface area contributed by atoms with E-state index in [2.05, 4.69) is 0 Å². The molecule has 0 saturated carbocycles. The van der Waals surface area contributed by atoms with E-state index in [9.17, 15) is 9.13 Å². The number of allylic oxidation sites excluding steroid dienone is 2. The lowest BCUT2D eigenvalue weighted by atomic mass is 9.95. The van der Waals surface area contributed by atoms with E-state index in [1.165, 1.54) is 0 Å². The fourth-order valence-electron chi connectivity index (χ4n) is 1.26. The Morgan fingerprint density at radius 1 is 1.45 bits per heavy atom. The van der Waals surface area contributed by atoms with Gasteiger partial charge in [-0.1, -0.05) is 12.2 Å². The molecule has 0 aliphatic heterocycles. The van der Waals surface area contributed by atoms with E-state index in [4.69, 9.17) is 5.11 Å². The van der Waals surface area contributed by atoms with Gasteiger partial charge in [0.25, 0.3) is 0 Å². The van der Waals surface area contributed by atoms with Crippen molar-refractivity contribution in [1.82, 2.24) is 0 Å². The Morgan fingerprint density at radius 2 is 2.18 bits per heavy atom. The first-order chi connectivity index (χ1) is 5.22. The van der Waals surface area contributed by atoms with Gasteiger partial charge in [-0.2, -0.15) is 0 Å². The van der Waals surface area contributed by atoms with Crippen LogP contribution in [0.3, 0.4) is 0 Å². The van der Waals surface area contributed by atoms with Gasteiger partial charge < -0.3 is 5.11 Å². The van der Waals surface area contributed by atoms with Crippen LogP contribution in [0.5, 0.6) is 0 Å². The van der Waals surface area contributed by atoms with Crippen LogP contribution in [0.1, 0.15) is 19.3 Å². The minimum absolute atomic E-state index is 0.0823. The summed E-state index contributed by atoms with van der Waals surface area (Å²) >= 11 is 0. The van der Waals surface area contributed by atoms with Gasteiger partial charge in [-0.25, -0.2) is 9.13 Å². The normalized spacial score (nSPS) is 26.5. The molecule has 1 aliphatic rings. The van der Waals surface area contributed by atoms with Gasteiger partial charge in [0.05, 0.1) is 0 Å². The van der Waals surface area contributed by atoms with E-state index in [-0.39, 0.29) is 5.92 Å². The van der Waals surface area contributed by atoms with Crippen LogP contribution in [0, 0.1) is 5.92 Å². The predicted molar refractivity (Wildman–Crippen MR) is 40.8 cm³/mol. The maximum absolute atomic E-state index is 10.4. The predicted octanol–water partition coefficient (Wildman–Crippen LogP) is 1.83. The van der Waals surface area contributed by atoms with Gasteiger partial charge in [0.1, 0.15) is 0 Å². The van der Waals surface area contributed by atoms with Crippen molar-refractivity contribution in [2.24, 2.45) is 5.92 Å². The summed E-state index contributed by atoms with van der Waals surface area (Å²) in [5, 5.41) is 9.12. The number of aliphatic hydroxyl groups is 1. The Morgan fingerprint density at radius 3 is 2.64 bits per heavy atom. The minimum Gasteiger partial charge on any atom is -0.378 e.